The van der Waals surface area contributed by atoms with E-state index in [0.29, 0.717) is 37.0 Å². The number of halogens is 2. The van der Waals surface area contributed by atoms with Crippen molar-refractivity contribution >= 4 is 68.9 Å². The van der Waals surface area contributed by atoms with E-state index in [2.05, 4.69) is 15.2 Å². The molecular formula is C26H18Cl2N4O4S2. The minimum absolute atomic E-state index is 0.0521. The lowest BCUT2D eigenvalue weighted by Gasteiger charge is -2.22. The van der Waals surface area contributed by atoms with E-state index in [1.165, 1.54) is 40.4 Å². The summed E-state index contributed by atoms with van der Waals surface area (Å²) in [6.45, 7) is 0. The fourth-order valence-electron chi connectivity index (χ4n) is 3.93. The summed E-state index contributed by atoms with van der Waals surface area (Å²) in [7, 11) is 1.54. The van der Waals surface area contributed by atoms with Gasteiger partial charge in [0.2, 0.25) is 5.13 Å². The number of methoxy groups -OCH3 is 1. The van der Waals surface area contributed by atoms with Crippen LogP contribution in [0.25, 0.3) is 5.76 Å². The first-order valence-corrected chi connectivity index (χ1v) is 13.7. The molecule has 1 amide bonds. The minimum Gasteiger partial charge on any atom is -0.507 e. The van der Waals surface area contributed by atoms with Crippen LogP contribution >= 0.6 is 46.3 Å². The van der Waals surface area contributed by atoms with Gasteiger partial charge < -0.3 is 9.84 Å². The van der Waals surface area contributed by atoms with Gasteiger partial charge in [0.1, 0.15) is 11.5 Å². The second-order valence-electron chi connectivity index (χ2n) is 8.05. The number of aliphatic hydroxyl groups excluding tert-OH is 1. The molecule has 2 aromatic carbocycles. The van der Waals surface area contributed by atoms with E-state index in [4.69, 9.17) is 27.9 Å². The number of hydrogen-bond donors (Lipinski definition) is 1. The highest BCUT2D eigenvalue weighted by Gasteiger charge is 2.48. The standard InChI is InChI=1S/C26H18Cl2N4O4S2/c1-36-18-6-3-14(4-7-18)21-20(22(33)15-8-10-29-11-9-15)23(34)24(35)32(21)25-30-31-26(38-25)37-13-16-2-5-17(27)12-19(16)28/h2-12,21,33H,13H2,1H3. The number of ketones is 1. The summed E-state index contributed by atoms with van der Waals surface area (Å²) in [5, 5.41) is 20.9. The Bertz CT molecular complexity index is 1540. The van der Waals surface area contributed by atoms with Crippen molar-refractivity contribution < 1.29 is 19.4 Å². The fourth-order valence-corrected chi connectivity index (χ4v) is 6.36. The fraction of sp³-hybridized carbons (Fsp3) is 0.115. The molecule has 2 aromatic heterocycles. The van der Waals surface area contributed by atoms with Crippen LogP contribution in [0, 0.1) is 0 Å². The Morgan fingerprint density at radius 1 is 1.08 bits per heavy atom. The number of aromatic nitrogens is 3. The van der Waals surface area contributed by atoms with Crippen molar-refractivity contribution in [2.45, 2.75) is 16.1 Å². The SMILES string of the molecule is COc1ccc(C2C(=C(O)c3ccncc3)C(=O)C(=O)N2c2nnc(SCc3ccc(Cl)cc3Cl)s2)cc1. The van der Waals surface area contributed by atoms with Crippen LogP contribution in [0.2, 0.25) is 10.0 Å². The third-order valence-corrected chi connectivity index (χ3v) is 8.49. The molecule has 5 rings (SSSR count). The number of aliphatic hydroxyl groups is 1. The van der Waals surface area contributed by atoms with Crippen LogP contribution in [0.3, 0.4) is 0 Å². The van der Waals surface area contributed by atoms with Gasteiger partial charge in [0.25, 0.3) is 5.78 Å². The Balaban J connectivity index is 1.52. The average Bonchev–Trinajstić information content (AvgIpc) is 3.50. The Morgan fingerprint density at radius 2 is 1.82 bits per heavy atom. The van der Waals surface area contributed by atoms with Crippen LogP contribution in [-0.2, 0) is 15.3 Å². The molecule has 1 fully saturated rings. The normalized spacial score (nSPS) is 16.7. The van der Waals surface area contributed by atoms with Crippen LogP contribution in [0.15, 0.2) is 76.9 Å². The zero-order valence-electron chi connectivity index (χ0n) is 19.7. The minimum atomic E-state index is -0.925. The molecule has 0 aliphatic carbocycles. The zero-order chi connectivity index (χ0) is 26.8. The molecule has 4 aromatic rings. The first-order valence-electron chi connectivity index (χ1n) is 11.1. The summed E-state index contributed by atoms with van der Waals surface area (Å²) < 4.78 is 5.83. The summed E-state index contributed by atoms with van der Waals surface area (Å²) in [6.07, 6.45) is 2.99. The van der Waals surface area contributed by atoms with Gasteiger partial charge in [-0.25, -0.2) is 0 Å². The van der Waals surface area contributed by atoms with E-state index in [1.54, 1.807) is 55.6 Å². The van der Waals surface area contributed by atoms with Crippen molar-refractivity contribution in [3.63, 3.8) is 0 Å². The highest BCUT2D eigenvalue weighted by molar-refractivity contribution is 8.00. The van der Waals surface area contributed by atoms with E-state index < -0.39 is 17.7 Å². The smallest absolute Gasteiger partial charge is 0.301 e. The molecular weight excluding hydrogens is 567 g/mol. The average molecular weight is 585 g/mol. The van der Waals surface area contributed by atoms with Gasteiger partial charge in [-0.3, -0.25) is 19.5 Å². The predicted octanol–water partition coefficient (Wildman–Crippen LogP) is 6.17. The molecule has 1 N–H and O–H groups in total. The van der Waals surface area contributed by atoms with Gasteiger partial charge in [0, 0.05) is 33.8 Å². The van der Waals surface area contributed by atoms with Gasteiger partial charge in [0.15, 0.2) is 4.34 Å². The van der Waals surface area contributed by atoms with E-state index in [-0.39, 0.29) is 16.5 Å². The molecule has 8 nitrogen and oxygen atoms in total. The predicted molar refractivity (Wildman–Crippen MR) is 148 cm³/mol. The van der Waals surface area contributed by atoms with E-state index >= 15 is 0 Å². The Morgan fingerprint density at radius 3 is 2.50 bits per heavy atom. The zero-order valence-corrected chi connectivity index (χ0v) is 22.8. The van der Waals surface area contributed by atoms with E-state index in [0.717, 1.165) is 5.56 Å². The number of rotatable bonds is 7. The van der Waals surface area contributed by atoms with Crippen LogP contribution in [0.1, 0.15) is 22.7 Å². The van der Waals surface area contributed by atoms with Crippen LogP contribution in [-0.4, -0.2) is 39.1 Å². The molecule has 0 spiro atoms. The van der Waals surface area contributed by atoms with Crippen molar-refractivity contribution in [1.82, 2.24) is 15.2 Å². The number of amides is 1. The highest BCUT2D eigenvalue weighted by Crippen LogP contribution is 2.44. The van der Waals surface area contributed by atoms with Gasteiger partial charge in [0.05, 0.1) is 18.7 Å². The maximum Gasteiger partial charge on any atom is 0.301 e. The largest absolute Gasteiger partial charge is 0.507 e. The number of pyridine rings is 1. The second-order valence-corrected chi connectivity index (χ2v) is 11.1. The number of thioether (sulfide) groups is 1. The number of anilines is 1. The number of hydrogen-bond acceptors (Lipinski definition) is 9. The number of benzene rings is 2. The summed E-state index contributed by atoms with van der Waals surface area (Å²) >= 11 is 14.8. The molecule has 1 aliphatic rings. The quantitative estimate of drug-likeness (QED) is 0.0903. The number of carbonyl (C=O) groups excluding carboxylic acids is 2. The van der Waals surface area contributed by atoms with Gasteiger partial charge in [-0.05, 0) is 47.5 Å². The summed E-state index contributed by atoms with van der Waals surface area (Å²) in [6, 6.07) is 14.4. The number of carbonyl (C=O) groups is 2. The molecule has 0 bridgehead atoms. The third-order valence-electron chi connectivity index (χ3n) is 5.80. The molecule has 1 unspecified atom stereocenters. The van der Waals surface area contributed by atoms with Crippen LogP contribution in [0.5, 0.6) is 5.75 Å². The number of nitrogens with zero attached hydrogens (tertiary/aromatic N) is 4. The molecule has 0 saturated carbocycles. The van der Waals surface area contributed by atoms with Crippen LogP contribution < -0.4 is 9.64 Å². The Labute approximate surface area is 235 Å². The van der Waals surface area contributed by atoms with Gasteiger partial charge >= 0.3 is 5.91 Å². The summed E-state index contributed by atoms with van der Waals surface area (Å²) in [4.78, 5) is 31.8. The lowest BCUT2D eigenvalue weighted by Crippen LogP contribution is -2.29. The molecule has 1 saturated heterocycles. The van der Waals surface area contributed by atoms with Gasteiger partial charge in [-0.1, -0.05) is 64.5 Å². The molecule has 1 atom stereocenters. The Hall–Kier alpha value is -3.44. The van der Waals surface area contributed by atoms with Gasteiger partial charge in [-0.2, -0.15) is 0 Å². The van der Waals surface area contributed by atoms with Crippen molar-refractivity contribution in [1.29, 1.82) is 0 Å². The number of ether oxygens (including phenoxy) is 1. The van der Waals surface area contributed by atoms with Crippen molar-refractivity contribution in [3.8, 4) is 5.75 Å². The lowest BCUT2D eigenvalue weighted by molar-refractivity contribution is -0.132. The van der Waals surface area contributed by atoms with E-state index in [9.17, 15) is 14.7 Å². The highest BCUT2D eigenvalue weighted by atomic mass is 35.5. The molecule has 3 heterocycles. The van der Waals surface area contributed by atoms with Crippen molar-refractivity contribution in [2.24, 2.45) is 0 Å². The van der Waals surface area contributed by atoms with Crippen molar-refractivity contribution in [2.75, 3.05) is 12.0 Å². The summed E-state index contributed by atoms with van der Waals surface area (Å²) in [5.41, 5.74) is 1.78. The van der Waals surface area contributed by atoms with Crippen LogP contribution in [0.4, 0.5) is 5.13 Å². The van der Waals surface area contributed by atoms with Crippen molar-refractivity contribution in [3.05, 3.63) is 99.3 Å². The maximum absolute atomic E-state index is 13.3. The molecule has 1 aliphatic heterocycles. The first-order chi connectivity index (χ1) is 18.4. The summed E-state index contributed by atoms with van der Waals surface area (Å²) in [5.74, 6) is -0.818. The first kappa shape index (κ1) is 26.2. The second kappa shape index (κ2) is 11.1. The lowest BCUT2D eigenvalue weighted by atomic mass is 9.95. The third kappa shape index (κ3) is 5.12. The monoisotopic (exact) mass is 584 g/mol. The van der Waals surface area contributed by atoms with E-state index in [1.807, 2.05) is 6.07 Å². The topological polar surface area (TPSA) is 106 Å². The van der Waals surface area contributed by atoms with Gasteiger partial charge in [-0.15, -0.1) is 10.2 Å². The maximum atomic E-state index is 13.3. The number of Topliss-reactive ketones (excluding diaryl/α,β-unsaturated/α-hetero) is 1. The Kier molecular flexibility index (Phi) is 7.66. The molecule has 38 heavy (non-hydrogen) atoms. The molecule has 12 heteroatoms. The molecule has 192 valence electrons. The molecule has 0 radical (unpaired) electrons.